The highest BCUT2D eigenvalue weighted by atomic mass is 32.2. The highest BCUT2D eigenvalue weighted by Gasteiger charge is 2.28. The zero-order chi connectivity index (χ0) is 13.1. The second-order valence-corrected chi connectivity index (χ2v) is 6.41. The number of hydrogen-bond donors (Lipinski definition) is 0. The molecule has 0 bridgehead atoms. The number of hydrogen-bond acceptors (Lipinski definition) is 5. The summed E-state index contributed by atoms with van der Waals surface area (Å²) in [4.78, 5) is 16.9. The van der Waals surface area contributed by atoms with E-state index in [0.717, 1.165) is 12.8 Å². The molecule has 1 saturated heterocycles. The van der Waals surface area contributed by atoms with Crippen LogP contribution in [0.1, 0.15) is 33.6 Å². The first-order chi connectivity index (χ1) is 7.79. The van der Waals surface area contributed by atoms with Crippen LogP contribution in [-0.4, -0.2) is 38.6 Å². The van der Waals surface area contributed by atoms with E-state index in [1.165, 1.54) is 0 Å². The molecular weight excluding hydrogens is 242 g/mol. The molecule has 6 heteroatoms. The first kappa shape index (κ1) is 14.6. The minimum absolute atomic E-state index is 0.193. The van der Waals surface area contributed by atoms with Crippen molar-refractivity contribution < 1.29 is 18.4 Å². The van der Waals surface area contributed by atoms with Gasteiger partial charge in [-0.05, 0) is 39.5 Å². The third-order valence-corrected chi connectivity index (χ3v) is 3.51. The van der Waals surface area contributed by atoms with E-state index >= 15 is 0 Å². The SMILES string of the molecule is CC(C)(C)C(=O)ON1CCC(CS(=O)[O-])CC1. The molecule has 0 aromatic heterocycles. The van der Waals surface area contributed by atoms with Gasteiger partial charge in [0, 0.05) is 18.8 Å². The largest absolute Gasteiger partial charge is 0.772 e. The van der Waals surface area contributed by atoms with Gasteiger partial charge in [0.1, 0.15) is 0 Å². The Bertz CT molecular complexity index is 292. The van der Waals surface area contributed by atoms with Gasteiger partial charge in [-0.1, -0.05) is 11.1 Å². The lowest BCUT2D eigenvalue weighted by Crippen LogP contribution is -2.39. The van der Waals surface area contributed by atoms with E-state index in [4.69, 9.17) is 4.84 Å². The maximum Gasteiger partial charge on any atom is 0.330 e. The Morgan fingerprint density at radius 2 is 1.94 bits per heavy atom. The van der Waals surface area contributed by atoms with Gasteiger partial charge in [-0.2, -0.15) is 0 Å². The molecule has 0 aromatic carbocycles. The molecule has 5 nitrogen and oxygen atoms in total. The Hall–Kier alpha value is -0.460. The van der Waals surface area contributed by atoms with E-state index in [-0.39, 0.29) is 17.6 Å². The van der Waals surface area contributed by atoms with Crippen molar-refractivity contribution in [2.24, 2.45) is 11.3 Å². The highest BCUT2D eigenvalue weighted by Crippen LogP contribution is 2.21. The third kappa shape index (κ3) is 5.14. The van der Waals surface area contributed by atoms with Crippen molar-refractivity contribution >= 4 is 17.0 Å². The number of hydroxylamine groups is 2. The summed E-state index contributed by atoms with van der Waals surface area (Å²) in [5.74, 6) is 0.155. The van der Waals surface area contributed by atoms with Crippen LogP contribution in [0.5, 0.6) is 0 Å². The zero-order valence-corrected chi connectivity index (χ0v) is 11.4. The zero-order valence-electron chi connectivity index (χ0n) is 10.6. The smallest absolute Gasteiger partial charge is 0.330 e. The van der Waals surface area contributed by atoms with Crippen molar-refractivity contribution in [2.45, 2.75) is 33.6 Å². The molecule has 1 rings (SSSR count). The minimum atomic E-state index is -1.98. The quantitative estimate of drug-likeness (QED) is 0.712. The molecule has 17 heavy (non-hydrogen) atoms. The topological polar surface area (TPSA) is 69.7 Å². The molecular formula is C11H20NO4S-. The van der Waals surface area contributed by atoms with Crippen LogP contribution >= 0.6 is 0 Å². The van der Waals surface area contributed by atoms with E-state index in [9.17, 15) is 13.6 Å². The number of carbonyl (C=O) groups excluding carboxylic acids is 1. The predicted octanol–water partition coefficient (Wildman–Crippen LogP) is 1.08. The summed E-state index contributed by atoms with van der Waals surface area (Å²) in [7, 11) is 0. The molecule has 0 N–H and O–H groups in total. The van der Waals surface area contributed by atoms with Crippen molar-refractivity contribution in [1.82, 2.24) is 5.06 Å². The molecule has 0 spiro atoms. The van der Waals surface area contributed by atoms with E-state index < -0.39 is 16.5 Å². The summed E-state index contributed by atoms with van der Waals surface area (Å²) in [5.41, 5.74) is -0.507. The van der Waals surface area contributed by atoms with Crippen LogP contribution in [0.25, 0.3) is 0 Å². The summed E-state index contributed by atoms with van der Waals surface area (Å²) < 4.78 is 21.1. The molecule has 1 fully saturated rings. The summed E-state index contributed by atoms with van der Waals surface area (Å²) >= 11 is -1.98. The number of carbonyl (C=O) groups is 1. The first-order valence-corrected chi connectivity index (χ1v) is 7.06. The molecule has 1 aliphatic heterocycles. The van der Waals surface area contributed by atoms with Gasteiger partial charge >= 0.3 is 5.97 Å². The molecule has 0 aliphatic carbocycles. The molecule has 1 atom stereocenters. The molecule has 100 valence electrons. The Balaban J connectivity index is 2.33. The average Bonchev–Trinajstić information content (AvgIpc) is 2.18. The summed E-state index contributed by atoms with van der Waals surface area (Å²) in [5, 5.41) is 1.64. The van der Waals surface area contributed by atoms with Gasteiger partial charge in [-0.15, -0.1) is 5.06 Å². The average molecular weight is 262 g/mol. The van der Waals surface area contributed by atoms with Gasteiger partial charge in [0.15, 0.2) is 0 Å². The molecule has 1 heterocycles. The Morgan fingerprint density at radius 1 is 1.41 bits per heavy atom. The van der Waals surface area contributed by atoms with Crippen molar-refractivity contribution in [3.05, 3.63) is 0 Å². The minimum Gasteiger partial charge on any atom is -0.772 e. The second-order valence-electron chi connectivity index (χ2n) is 5.47. The van der Waals surface area contributed by atoms with Gasteiger partial charge in [0.2, 0.25) is 0 Å². The van der Waals surface area contributed by atoms with Gasteiger partial charge < -0.3 is 9.39 Å². The second kappa shape index (κ2) is 5.93. The third-order valence-electron chi connectivity index (χ3n) is 2.77. The van der Waals surface area contributed by atoms with Gasteiger partial charge in [-0.3, -0.25) is 4.21 Å². The summed E-state index contributed by atoms with van der Waals surface area (Å²) in [6, 6.07) is 0. The lowest BCUT2D eigenvalue weighted by molar-refractivity contribution is -0.205. The number of nitrogens with zero attached hydrogens (tertiary/aromatic N) is 1. The maximum absolute atomic E-state index is 11.6. The summed E-state index contributed by atoms with van der Waals surface area (Å²) in [6.07, 6.45) is 1.51. The van der Waals surface area contributed by atoms with Crippen molar-refractivity contribution in [3.8, 4) is 0 Å². The van der Waals surface area contributed by atoms with Crippen LogP contribution in [0, 0.1) is 11.3 Å². The molecule has 0 radical (unpaired) electrons. The van der Waals surface area contributed by atoms with Crippen LogP contribution in [0.15, 0.2) is 0 Å². The Labute approximate surface area is 105 Å². The fourth-order valence-electron chi connectivity index (χ4n) is 1.61. The Kier molecular flexibility index (Phi) is 5.09. The van der Waals surface area contributed by atoms with Crippen molar-refractivity contribution in [3.63, 3.8) is 0 Å². The van der Waals surface area contributed by atoms with E-state index in [0.29, 0.717) is 13.1 Å². The van der Waals surface area contributed by atoms with Crippen molar-refractivity contribution in [1.29, 1.82) is 0 Å². The van der Waals surface area contributed by atoms with Crippen molar-refractivity contribution in [2.75, 3.05) is 18.8 Å². The van der Waals surface area contributed by atoms with Crippen LogP contribution in [0.2, 0.25) is 0 Å². The Morgan fingerprint density at radius 3 is 2.35 bits per heavy atom. The standard InChI is InChI=1S/C11H21NO4S/c1-11(2,3)10(13)16-12-6-4-9(5-7-12)8-17(14)15/h9H,4-8H2,1-3H3,(H,14,15)/p-1. The van der Waals surface area contributed by atoms with E-state index in [2.05, 4.69) is 0 Å². The fourth-order valence-corrected chi connectivity index (χ4v) is 2.33. The fraction of sp³-hybridized carbons (Fsp3) is 0.909. The van der Waals surface area contributed by atoms with Crippen LogP contribution < -0.4 is 0 Å². The highest BCUT2D eigenvalue weighted by molar-refractivity contribution is 7.79. The normalized spacial score (nSPS) is 21.2. The van der Waals surface area contributed by atoms with Crippen LogP contribution in [-0.2, 0) is 20.7 Å². The molecule has 1 aliphatic rings. The van der Waals surface area contributed by atoms with Crippen LogP contribution in [0.3, 0.4) is 0 Å². The van der Waals surface area contributed by atoms with Gasteiger partial charge in [0.05, 0.1) is 5.41 Å². The first-order valence-electron chi connectivity index (χ1n) is 5.82. The monoisotopic (exact) mass is 262 g/mol. The molecule has 0 saturated carbocycles. The lowest BCUT2D eigenvalue weighted by atomic mass is 9.97. The van der Waals surface area contributed by atoms with Crippen LogP contribution in [0.4, 0.5) is 0 Å². The number of piperidine rings is 1. The van der Waals surface area contributed by atoms with Gasteiger partial charge in [0.25, 0.3) is 0 Å². The summed E-state index contributed by atoms with van der Waals surface area (Å²) in [6.45, 7) is 6.65. The van der Waals surface area contributed by atoms with Gasteiger partial charge in [-0.25, -0.2) is 4.79 Å². The number of rotatable bonds is 3. The van der Waals surface area contributed by atoms with E-state index in [1.54, 1.807) is 5.06 Å². The maximum atomic E-state index is 11.6. The lowest BCUT2D eigenvalue weighted by Gasteiger charge is -2.32. The van der Waals surface area contributed by atoms with E-state index in [1.807, 2.05) is 20.8 Å². The molecule has 0 aromatic rings. The molecule has 1 unspecified atom stereocenters. The predicted molar refractivity (Wildman–Crippen MR) is 63.6 cm³/mol. The molecule has 0 amide bonds.